The van der Waals surface area contributed by atoms with Gasteiger partial charge in [-0.1, -0.05) is 11.6 Å². The van der Waals surface area contributed by atoms with Gasteiger partial charge in [-0.25, -0.2) is 4.42 Å². The van der Waals surface area contributed by atoms with Crippen LogP contribution in [0.5, 0.6) is 23.0 Å². The predicted octanol–water partition coefficient (Wildman–Crippen LogP) is 5.38. The van der Waals surface area contributed by atoms with Crippen LogP contribution in [0, 0.1) is 0 Å². The van der Waals surface area contributed by atoms with E-state index in [0.29, 0.717) is 41.2 Å². The minimum absolute atomic E-state index is 0.182. The maximum atomic E-state index is 13.1. The second-order valence-corrected chi connectivity index (χ2v) is 7.28. The molecule has 0 aromatic heterocycles. The molecule has 0 fully saturated rings. The van der Waals surface area contributed by atoms with Crippen molar-refractivity contribution in [1.82, 2.24) is 0 Å². The Morgan fingerprint density at radius 2 is 1.73 bits per heavy atom. The number of Topliss-reactive ketones (excluding diaryl/α,β-unsaturated/α-hetero) is 1. The van der Waals surface area contributed by atoms with E-state index in [0.717, 1.165) is 4.42 Å². The van der Waals surface area contributed by atoms with Gasteiger partial charge in [-0.05, 0) is 39.0 Å². The Labute approximate surface area is 202 Å². The summed E-state index contributed by atoms with van der Waals surface area (Å²) < 4.78 is 22.4. The van der Waals surface area contributed by atoms with E-state index in [1.54, 1.807) is 25.1 Å². The Kier molecular flexibility index (Phi) is 9.74. The first kappa shape index (κ1) is 26.2. The zero-order chi connectivity index (χ0) is 24.5. The van der Waals surface area contributed by atoms with E-state index < -0.39 is 17.7 Å². The van der Waals surface area contributed by atoms with Gasteiger partial charge in [0.15, 0.2) is 17.3 Å². The number of hydrogen-bond acceptors (Lipinski definition) is 8. The number of rotatable bonds is 11. The van der Waals surface area contributed by atoms with Crippen LogP contribution in [0.2, 0.25) is 5.02 Å². The standard InChI is InChI=1S/C22H25Cl2N3O6/c1-6-32-19-11-14(23)10-16(21(19)33-7-2)25-26-20(13(3)28)22(29)27(24)17-12-15(30-4)8-9-18(17)31-5/h8-12,20H,6-7H2,1-5H3. The lowest BCUT2D eigenvalue weighted by molar-refractivity contribution is -0.126. The Morgan fingerprint density at radius 1 is 1.03 bits per heavy atom. The van der Waals surface area contributed by atoms with Crippen LogP contribution < -0.4 is 23.4 Å². The smallest absolute Gasteiger partial charge is 0.276 e. The van der Waals surface area contributed by atoms with Crippen molar-refractivity contribution in [3.8, 4) is 23.0 Å². The first-order chi connectivity index (χ1) is 15.8. The van der Waals surface area contributed by atoms with E-state index in [1.165, 1.54) is 33.3 Å². The van der Waals surface area contributed by atoms with Crippen molar-refractivity contribution < 1.29 is 28.5 Å². The highest BCUT2D eigenvalue weighted by Gasteiger charge is 2.31. The first-order valence-electron chi connectivity index (χ1n) is 9.99. The fourth-order valence-electron chi connectivity index (χ4n) is 2.78. The highest BCUT2D eigenvalue weighted by Crippen LogP contribution is 2.41. The summed E-state index contributed by atoms with van der Waals surface area (Å²) in [5.74, 6) is -0.000912. The van der Waals surface area contributed by atoms with Gasteiger partial charge in [-0.2, -0.15) is 10.2 Å². The minimum Gasteiger partial charge on any atom is -0.497 e. The van der Waals surface area contributed by atoms with Gasteiger partial charge in [-0.15, -0.1) is 0 Å². The molecule has 0 spiro atoms. The van der Waals surface area contributed by atoms with Crippen LogP contribution in [0.25, 0.3) is 0 Å². The van der Waals surface area contributed by atoms with Crippen LogP contribution in [-0.4, -0.2) is 45.2 Å². The maximum absolute atomic E-state index is 13.1. The fourth-order valence-corrected chi connectivity index (χ4v) is 3.21. The Bertz CT molecular complexity index is 1030. The first-order valence-corrected chi connectivity index (χ1v) is 10.7. The van der Waals surface area contributed by atoms with Crippen LogP contribution in [-0.2, 0) is 9.59 Å². The van der Waals surface area contributed by atoms with Crippen LogP contribution in [0.4, 0.5) is 11.4 Å². The number of benzene rings is 2. The van der Waals surface area contributed by atoms with E-state index in [9.17, 15) is 9.59 Å². The highest BCUT2D eigenvalue weighted by molar-refractivity contribution is 6.39. The molecule has 0 saturated carbocycles. The number of amides is 1. The molecule has 0 aliphatic heterocycles. The number of carbonyl (C=O) groups excluding carboxylic acids is 2. The lowest BCUT2D eigenvalue weighted by Crippen LogP contribution is -2.36. The number of nitrogens with zero attached hydrogens (tertiary/aromatic N) is 3. The van der Waals surface area contributed by atoms with Crippen LogP contribution in [0.3, 0.4) is 0 Å². The number of hydrogen-bond donors (Lipinski definition) is 0. The Hall–Kier alpha value is -3.04. The van der Waals surface area contributed by atoms with E-state index >= 15 is 0 Å². The van der Waals surface area contributed by atoms with E-state index in [2.05, 4.69) is 10.2 Å². The summed E-state index contributed by atoms with van der Waals surface area (Å²) in [7, 11) is 2.89. The molecule has 11 heteroatoms. The highest BCUT2D eigenvalue weighted by atomic mass is 35.5. The summed E-state index contributed by atoms with van der Waals surface area (Å²) in [5.41, 5.74) is 0.383. The second-order valence-electron chi connectivity index (χ2n) is 6.50. The second kappa shape index (κ2) is 12.3. The normalized spacial score (nSPS) is 11.7. The van der Waals surface area contributed by atoms with E-state index in [-0.39, 0.29) is 11.4 Å². The molecule has 2 aromatic rings. The number of anilines is 1. The molecule has 178 valence electrons. The van der Waals surface area contributed by atoms with Crippen molar-refractivity contribution in [2.45, 2.75) is 26.8 Å². The van der Waals surface area contributed by atoms with Crippen LogP contribution in [0.15, 0.2) is 40.6 Å². The average Bonchev–Trinajstić information content (AvgIpc) is 2.80. The van der Waals surface area contributed by atoms with Crippen molar-refractivity contribution in [2.24, 2.45) is 10.2 Å². The number of azo groups is 1. The molecule has 0 radical (unpaired) electrons. The average molecular weight is 498 g/mol. The van der Waals surface area contributed by atoms with Gasteiger partial charge in [-0.3, -0.25) is 9.59 Å². The molecule has 1 unspecified atom stereocenters. The summed E-state index contributed by atoms with van der Waals surface area (Å²) in [4.78, 5) is 25.3. The summed E-state index contributed by atoms with van der Waals surface area (Å²) in [6, 6.07) is 6.27. The third-order valence-corrected chi connectivity index (χ3v) is 4.85. The molecule has 2 aromatic carbocycles. The number of halogens is 2. The molecule has 0 saturated heterocycles. The molecular formula is C22H25Cl2N3O6. The largest absolute Gasteiger partial charge is 0.497 e. The molecular weight excluding hydrogens is 473 g/mol. The zero-order valence-electron chi connectivity index (χ0n) is 18.9. The topological polar surface area (TPSA) is 99.0 Å². The van der Waals surface area contributed by atoms with Gasteiger partial charge < -0.3 is 18.9 Å². The molecule has 0 aliphatic rings. The molecule has 0 bridgehead atoms. The molecule has 1 atom stereocenters. The summed E-state index contributed by atoms with van der Waals surface area (Å²) in [6.45, 7) is 5.51. The van der Waals surface area contributed by atoms with Gasteiger partial charge in [0.1, 0.15) is 22.9 Å². The minimum atomic E-state index is -1.53. The SMILES string of the molecule is CCOc1cc(Cl)cc(N=NC(C(C)=O)C(=O)N(Cl)c2cc(OC)ccc2OC)c1OCC. The Morgan fingerprint density at radius 3 is 2.30 bits per heavy atom. The predicted molar refractivity (Wildman–Crippen MR) is 126 cm³/mol. The van der Waals surface area contributed by atoms with Gasteiger partial charge >= 0.3 is 0 Å². The van der Waals surface area contributed by atoms with Crippen molar-refractivity contribution in [1.29, 1.82) is 0 Å². The maximum Gasteiger partial charge on any atom is 0.276 e. The van der Waals surface area contributed by atoms with Crippen molar-refractivity contribution >= 4 is 46.4 Å². The van der Waals surface area contributed by atoms with Crippen molar-refractivity contribution in [3.05, 3.63) is 35.4 Å². The van der Waals surface area contributed by atoms with E-state index in [4.69, 9.17) is 42.3 Å². The fraction of sp³-hybridized carbons (Fsp3) is 0.364. The molecule has 33 heavy (non-hydrogen) atoms. The number of ether oxygens (including phenoxy) is 4. The van der Waals surface area contributed by atoms with Crippen LogP contribution in [0.1, 0.15) is 20.8 Å². The van der Waals surface area contributed by atoms with Crippen molar-refractivity contribution in [3.63, 3.8) is 0 Å². The number of ketones is 1. The van der Waals surface area contributed by atoms with Gasteiger partial charge in [0, 0.05) is 28.9 Å². The lowest BCUT2D eigenvalue weighted by atomic mass is 10.2. The van der Waals surface area contributed by atoms with Crippen molar-refractivity contribution in [2.75, 3.05) is 31.9 Å². The van der Waals surface area contributed by atoms with Crippen LogP contribution >= 0.6 is 23.4 Å². The molecule has 1 amide bonds. The quantitative estimate of drug-likeness (QED) is 0.234. The van der Waals surface area contributed by atoms with Gasteiger partial charge in [0.25, 0.3) is 5.91 Å². The third kappa shape index (κ3) is 6.49. The summed E-state index contributed by atoms with van der Waals surface area (Å²) in [5, 5.41) is 8.35. The summed E-state index contributed by atoms with van der Waals surface area (Å²) in [6.07, 6.45) is 0. The van der Waals surface area contributed by atoms with E-state index in [1.807, 2.05) is 6.92 Å². The molecule has 0 aliphatic carbocycles. The molecule has 0 N–H and O–H groups in total. The van der Waals surface area contributed by atoms with Gasteiger partial charge in [0.2, 0.25) is 6.04 Å². The Balaban J connectivity index is 2.44. The molecule has 9 nitrogen and oxygen atoms in total. The molecule has 0 heterocycles. The summed E-state index contributed by atoms with van der Waals surface area (Å²) >= 11 is 12.5. The lowest BCUT2D eigenvalue weighted by Gasteiger charge is -2.20. The number of methoxy groups -OCH3 is 2. The number of carbonyl (C=O) groups is 2. The van der Waals surface area contributed by atoms with Gasteiger partial charge in [0.05, 0.1) is 27.4 Å². The monoisotopic (exact) mass is 497 g/mol. The zero-order valence-corrected chi connectivity index (χ0v) is 20.4. The molecule has 2 rings (SSSR count). The third-order valence-electron chi connectivity index (χ3n) is 4.28.